The Morgan fingerprint density at radius 1 is 1.24 bits per heavy atom. The Kier molecular flexibility index (Phi) is 4.03. The zero-order valence-corrected chi connectivity index (χ0v) is 13.4. The lowest BCUT2D eigenvalue weighted by Gasteiger charge is -2.19. The molecule has 132 valence electrons. The third-order valence-corrected chi connectivity index (χ3v) is 4.17. The number of ether oxygens (including phenoxy) is 2. The van der Waals surface area contributed by atoms with E-state index in [1.54, 1.807) is 18.2 Å². The summed E-state index contributed by atoms with van der Waals surface area (Å²) >= 11 is 0. The lowest BCUT2D eigenvalue weighted by molar-refractivity contribution is -0.117. The monoisotopic (exact) mass is 349 g/mol. The first kappa shape index (κ1) is 15.9. The molecule has 1 aromatic heterocycles. The summed E-state index contributed by atoms with van der Waals surface area (Å²) in [4.78, 5) is 12.3. The molecule has 6 nitrogen and oxygen atoms in total. The molecule has 1 amide bonds. The molecule has 0 spiro atoms. The van der Waals surface area contributed by atoms with Gasteiger partial charge in [-0.15, -0.1) is 0 Å². The number of nitrogens with one attached hydrogen (secondary N) is 1. The van der Waals surface area contributed by atoms with Crippen molar-refractivity contribution in [2.75, 3.05) is 18.5 Å². The topological polar surface area (TPSA) is 65.4 Å². The lowest BCUT2D eigenvalue weighted by Crippen LogP contribution is -2.21. The first-order valence-corrected chi connectivity index (χ1v) is 8.15. The Morgan fingerprint density at radius 3 is 2.72 bits per heavy atom. The number of carbonyl (C=O) groups is 1. The van der Waals surface area contributed by atoms with Gasteiger partial charge in [-0.3, -0.25) is 9.48 Å². The number of rotatable bonds is 5. The highest BCUT2D eigenvalue weighted by molar-refractivity contribution is 5.91. The van der Waals surface area contributed by atoms with Gasteiger partial charge in [0.25, 0.3) is 6.43 Å². The second-order valence-electron chi connectivity index (χ2n) is 6.13. The van der Waals surface area contributed by atoms with Crippen molar-refractivity contribution < 1.29 is 23.0 Å². The van der Waals surface area contributed by atoms with E-state index < -0.39 is 6.43 Å². The lowest BCUT2D eigenvalue weighted by atomic mass is 10.2. The van der Waals surface area contributed by atoms with Crippen LogP contribution < -0.4 is 14.8 Å². The van der Waals surface area contributed by atoms with Gasteiger partial charge in [0.05, 0.1) is 0 Å². The fourth-order valence-electron chi connectivity index (χ4n) is 2.85. The van der Waals surface area contributed by atoms with Crippen molar-refractivity contribution in [2.24, 2.45) is 0 Å². The minimum Gasteiger partial charge on any atom is -0.486 e. The molecule has 1 aromatic carbocycles. The van der Waals surface area contributed by atoms with Crippen molar-refractivity contribution in [1.82, 2.24) is 9.78 Å². The highest BCUT2D eigenvalue weighted by Gasteiger charge is 2.30. The molecule has 25 heavy (non-hydrogen) atoms. The number of hydrogen-bond acceptors (Lipinski definition) is 4. The number of benzene rings is 1. The van der Waals surface area contributed by atoms with E-state index >= 15 is 0 Å². The van der Waals surface area contributed by atoms with Crippen LogP contribution in [0.15, 0.2) is 24.3 Å². The number of fused-ring (bicyclic) bond motifs is 1. The SMILES string of the molecule is O=C(Cn1nc(C(F)F)cc1C1CC1)Nc1ccc2c(c1)OCCO2. The third-order valence-electron chi connectivity index (χ3n) is 4.17. The van der Waals surface area contributed by atoms with Crippen molar-refractivity contribution in [1.29, 1.82) is 0 Å². The standard InChI is InChI=1S/C17H17F2N3O3/c18-17(19)12-8-13(10-1-2-10)22(21-12)9-16(23)20-11-3-4-14-15(7-11)25-6-5-24-14/h3-4,7-8,10,17H,1-2,5-6,9H2,(H,20,23). The van der Waals surface area contributed by atoms with Crippen LogP contribution in [0.3, 0.4) is 0 Å². The van der Waals surface area contributed by atoms with E-state index in [1.165, 1.54) is 10.7 Å². The minimum atomic E-state index is -2.64. The molecular formula is C17H17F2N3O3. The smallest absolute Gasteiger partial charge is 0.282 e. The summed E-state index contributed by atoms with van der Waals surface area (Å²) < 4.78 is 38.1. The molecule has 2 aromatic rings. The van der Waals surface area contributed by atoms with Gasteiger partial charge in [0.1, 0.15) is 25.5 Å². The van der Waals surface area contributed by atoms with Gasteiger partial charge in [0, 0.05) is 23.4 Å². The van der Waals surface area contributed by atoms with Crippen molar-refractivity contribution >= 4 is 11.6 Å². The molecule has 2 aliphatic rings. The molecule has 1 aliphatic heterocycles. The Labute approximate surface area is 142 Å². The molecule has 1 N–H and O–H groups in total. The number of hydrogen-bond donors (Lipinski definition) is 1. The predicted octanol–water partition coefficient (Wildman–Crippen LogP) is 3.11. The average molecular weight is 349 g/mol. The number of amides is 1. The molecular weight excluding hydrogens is 332 g/mol. The number of halogens is 2. The zero-order valence-electron chi connectivity index (χ0n) is 13.4. The molecule has 1 saturated carbocycles. The number of nitrogens with zero attached hydrogens (tertiary/aromatic N) is 2. The number of aromatic nitrogens is 2. The summed E-state index contributed by atoms with van der Waals surface area (Å²) in [5.41, 5.74) is 0.977. The van der Waals surface area contributed by atoms with Crippen LogP contribution >= 0.6 is 0 Å². The molecule has 0 atom stereocenters. The van der Waals surface area contributed by atoms with Crippen LogP contribution in [-0.2, 0) is 11.3 Å². The normalized spacial score (nSPS) is 16.1. The first-order valence-electron chi connectivity index (χ1n) is 8.15. The second kappa shape index (κ2) is 6.34. The molecule has 0 radical (unpaired) electrons. The van der Waals surface area contributed by atoms with E-state index in [-0.39, 0.29) is 24.1 Å². The summed E-state index contributed by atoms with van der Waals surface area (Å²) in [6.07, 6.45) is -0.754. The predicted molar refractivity (Wildman–Crippen MR) is 85.2 cm³/mol. The largest absolute Gasteiger partial charge is 0.486 e. The fourth-order valence-corrected chi connectivity index (χ4v) is 2.85. The third kappa shape index (κ3) is 3.42. The summed E-state index contributed by atoms with van der Waals surface area (Å²) in [7, 11) is 0. The molecule has 1 aliphatic carbocycles. The van der Waals surface area contributed by atoms with E-state index in [0.29, 0.717) is 36.1 Å². The van der Waals surface area contributed by atoms with Crippen LogP contribution in [-0.4, -0.2) is 28.9 Å². The summed E-state index contributed by atoms with van der Waals surface area (Å²) in [5.74, 6) is 1.10. The highest BCUT2D eigenvalue weighted by Crippen LogP contribution is 2.41. The van der Waals surface area contributed by atoms with Crippen molar-refractivity contribution in [3.05, 3.63) is 35.7 Å². The summed E-state index contributed by atoms with van der Waals surface area (Å²) in [6.45, 7) is 0.847. The molecule has 1 fully saturated rings. The molecule has 8 heteroatoms. The van der Waals surface area contributed by atoms with Crippen LogP contribution in [0.2, 0.25) is 0 Å². The van der Waals surface area contributed by atoms with Crippen LogP contribution in [0.25, 0.3) is 0 Å². The van der Waals surface area contributed by atoms with Crippen LogP contribution in [0, 0.1) is 0 Å². The van der Waals surface area contributed by atoms with Gasteiger partial charge in [-0.2, -0.15) is 5.10 Å². The van der Waals surface area contributed by atoms with Crippen LogP contribution in [0.5, 0.6) is 11.5 Å². The van der Waals surface area contributed by atoms with Crippen LogP contribution in [0.1, 0.15) is 36.6 Å². The van der Waals surface area contributed by atoms with E-state index in [4.69, 9.17) is 9.47 Å². The Morgan fingerprint density at radius 2 is 2.00 bits per heavy atom. The fraction of sp³-hybridized carbons (Fsp3) is 0.412. The number of anilines is 1. The van der Waals surface area contributed by atoms with Gasteiger partial charge in [0.15, 0.2) is 11.5 Å². The quantitative estimate of drug-likeness (QED) is 0.901. The maximum atomic E-state index is 12.9. The maximum Gasteiger partial charge on any atom is 0.282 e. The average Bonchev–Trinajstić information content (AvgIpc) is 3.35. The number of alkyl halides is 2. The van der Waals surface area contributed by atoms with Gasteiger partial charge < -0.3 is 14.8 Å². The van der Waals surface area contributed by atoms with E-state index in [9.17, 15) is 13.6 Å². The Bertz CT molecular complexity index is 802. The Balaban J connectivity index is 1.47. The summed E-state index contributed by atoms with van der Waals surface area (Å²) in [5, 5.41) is 6.63. The van der Waals surface area contributed by atoms with Gasteiger partial charge in [-0.25, -0.2) is 8.78 Å². The zero-order chi connectivity index (χ0) is 17.4. The van der Waals surface area contributed by atoms with Crippen molar-refractivity contribution in [3.63, 3.8) is 0 Å². The second-order valence-corrected chi connectivity index (χ2v) is 6.13. The molecule has 4 rings (SSSR count). The first-order chi connectivity index (χ1) is 12.1. The van der Waals surface area contributed by atoms with Crippen molar-refractivity contribution in [2.45, 2.75) is 31.7 Å². The number of carbonyl (C=O) groups excluding carboxylic acids is 1. The maximum absolute atomic E-state index is 12.9. The van der Waals surface area contributed by atoms with Gasteiger partial charge in [0.2, 0.25) is 5.91 Å². The van der Waals surface area contributed by atoms with Gasteiger partial charge in [-0.05, 0) is 31.0 Å². The highest BCUT2D eigenvalue weighted by atomic mass is 19.3. The van der Waals surface area contributed by atoms with Gasteiger partial charge >= 0.3 is 0 Å². The van der Waals surface area contributed by atoms with E-state index in [0.717, 1.165) is 12.8 Å². The molecule has 2 heterocycles. The van der Waals surface area contributed by atoms with Crippen LogP contribution in [0.4, 0.5) is 14.5 Å². The van der Waals surface area contributed by atoms with Crippen molar-refractivity contribution in [3.8, 4) is 11.5 Å². The van der Waals surface area contributed by atoms with E-state index in [1.807, 2.05) is 0 Å². The Hall–Kier alpha value is -2.64. The van der Waals surface area contributed by atoms with E-state index in [2.05, 4.69) is 10.4 Å². The van der Waals surface area contributed by atoms with Gasteiger partial charge in [-0.1, -0.05) is 0 Å². The minimum absolute atomic E-state index is 0.104. The molecule has 0 saturated heterocycles. The summed E-state index contributed by atoms with van der Waals surface area (Å²) in [6, 6.07) is 6.52. The molecule has 0 unspecified atom stereocenters. The molecule has 0 bridgehead atoms.